The van der Waals surface area contributed by atoms with Gasteiger partial charge in [-0.05, 0) is 26.0 Å². The van der Waals surface area contributed by atoms with E-state index in [1.165, 1.54) is 0 Å². The van der Waals surface area contributed by atoms with Crippen LogP contribution in [0.5, 0.6) is 0 Å². The molecular weight excluding hydrogens is 150 g/mol. The van der Waals surface area contributed by atoms with Crippen LogP contribution < -0.4 is 5.32 Å². The molecule has 0 aromatic heterocycles. The number of rotatable bonds is 3. The monoisotopic (exact) mass is 163 g/mol. The van der Waals surface area contributed by atoms with Crippen molar-refractivity contribution < 1.29 is 9.90 Å². The molecule has 0 fully saturated rings. The van der Waals surface area contributed by atoms with E-state index in [1.54, 1.807) is 0 Å². The molecule has 4 heteroatoms. The maximum absolute atomic E-state index is 10.2. The van der Waals surface area contributed by atoms with E-state index >= 15 is 0 Å². The summed E-state index contributed by atoms with van der Waals surface area (Å²) in [5.41, 5.74) is -0.354. The highest BCUT2D eigenvalue weighted by Crippen LogP contribution is 2.08. The second kappa shape index (κ2) is 3.71. The van der Waals surface area contributed by atoms with E-state index in [-0.39, 0.29) is 5.54 Å². The van der Waals surface area contributed by atoms with Crippen molar-refractivity contribution in [2.75, 3.05) is 5.75 Å². The van der Waals surface area contributed by atoms with Gasteiger partial charge in [0.15, 0.2) is 0 Å². The summed E-state index contributed by atoms with van der Waals surface area (Å²) < 4.78 is 0. The van der Waals surface area contributed by atoms with Crippen molar-refractivity contribution >= 4 is 18.7 Å². The van der Waals surface area contributed by atoms with Crippen LogP contribution in [0.4, 0.5) is 4.79 Å². The summed E-state index contributed by atoms with van der Waals surface area (Å²) in [6.45, 7) is 3.66. The number of nitrogens with one attached hydrogen (secondary N) is 1. The molecule has 60 valence electrons. The molecule has 0 radical (unpaired) electrons. The van der Waals surface area contributed by atoms with Crippen molar-refractivity contribution in [3.8, 4) is 0 Å². The highest BCUT2D eigenvalue weighted by molar-refractivity contribution is 7.80. The zero-order valence-electron chi connectivity index (χ0n) is 6.22. The average Bonchev–Trinajstić information content (AvgIpc) is 1.59. The van der Waals surface area contributed by atoms with Gasteiger partial charge in [0.2, 0.25) is 0 Å². The van der Waals surface area contributed by atoms with Gasteiger partial charge in [0, 0.05) is 5.54 Å². The van der Waals surface area contributed by atoms with E-state index in [2.05, 4.69) is 17.9 Å². The van der Waals surface area contributed by atoms with Crippen LogP contribution in [0.15, 0.2) is 0 Å². The molecule has 0 saturated heterocycles. The summed E-state index contributed by atoms with van der Waals surface area (Å²) in [5.74, 6) is 0.688. The molecule has 0 rings (SSSR count). The largest absolute Gasteiger partial charge is 0.465 e. The lowest BCUT2D eigenvalue weighted by Gasteiger charge is -2.23. The molecule has 3 nitrogen and oxygen atoms in total. The van der Waals surface area contributed by atoms with Gasteiger partial charge in [-0.15, -0.1) is 0 Å². The number of carboxylic acid groups (broad SMARTS) is 1. The molecular formula is C6H13NO2S. The number of thiol groups is 1. The Labute approximate surface area is 66.2 Å². The Kier molecular flexibility index (Phi) is 3.57. The third-order valence-electron chi connectivity index (χ3n) is 1.18. The van der Waals surface area contributed by atoms with E-state index in [0.717, 1.165) is 6.42 Å². The normalized spacial score (nSPS) is 11.1. The Balaban J connectivity index is 3.74. The molecule has 2 N–H and O–H groups in total. The number of amides is 1. The Morgan fingerprint density at radius 2 is 2.20 bits per heavy atom. The molecule has 0 aliphatic heterocycles. The molecule has 0 bridgehead atoms. The predicted molar refractivity (Wildman–Crippen MR) is 43.7 cm³/mol. The molecule has 0 unspecified atom stereocenters. The summed E-state index contributed by atoms with van der Waals surface area (Å²) in [5, 5.41) is 10.7. The van der Waals surface area contributed by atoms with Crippen LogP contribution in [0.25, 0.3) is 0 Å². The Bertz CT molecular complexity index is 125. The molecule has 0 atom stereocenters. The maximum atomic E-state index is 10.2. The first-order chi connectivity index (χ1) is 4.48. The van der Waals surface area contributed by atoms with Crippen molar-refractivity contribution in [3.05, 3.63) is 0 Å². The van der Waals surface area contributed by atoms with Crippen LogP contribution in [0.2, 0.25) is 0 Å². The Morgan fingerprint density at radius 3 is 2.50 bits per heavy atom. The lowest BCUT2D eigenvalue weighted by Crippen LogP contribution is -2.42. The molecule has 0 spiro atoms. The van der Waals surface area contributed by atoms with Crippen LogP contribution in [0.3, 0.4) is 0 Å². The molecule has 0 aromatic carbocycles. The van der Waals surface area contributed by atoms with Gasteiger partial charge in [0.25, 0.3) is 0 Å². The first-order valence-electron chi connectivity index (χ1n) is 3.10. The van der Waals surface area contributed by atoms with Crippen LogP contribution >= 0.6 is 12.6 Å². The van der Waals surface area contributed by atoms with E-state index in [4.69, 9.17) is 5.11 Å². The van der Waals surface area contributed by atoms with Gasteiger partial charge in [-0.1, -0.05) is 0 Å². The van der Waals surface area contributed by atoms with E-state index < -0.39 is 6.09 Å². The third-order valence-corrected chi connectivity index (χ3v) is 1.41. The average molecular weight is 163 g/mol. The number of carbonyl (C=O) groups is 1. The fourth-order valence-corrected chi connectivity index (χ4v) is 1.19. The van der Waals surface area contributed by atoms with E-state index in [1.807, 2.05) is 13.8 Å². The minimum Gasteiger partial charge on any atom is -0.465 e. The van der Waals surface area contributed by atoms with Gasteiger partial charge in [-0.25, -0.2) is 4.79 Å². The van der Waals surface area contributed by atoms with Crippen LogP contribution in [0.1, 0.15) is 20.3 Å². The van der Waals surface area contributed by atoms with Gasteiger partial charge in [-0.3, -0.25) is 0 Å². The predicted octanol–water partition coefficient (Wildman–Crippen LogP) is 1.35. The molecule has 10 heavy (non-hydrogen) atoms. The van der Waals surface area contributed by atoms with Crippen molar-refractivity contribution in [3.63, 3.8) is 0 Å². The third kappa shape index (κ3) is 4.49. The Morgan fingerprint density at radius 1 is 1.70 bits per heavy atom. The first-order valence-corrected chi connectivity index (χ1v) is 3.73. The lowest BCUT2D eigenvalue weighted by atomic mass is 10.0. The van der Waals surface area contributed by atoms with Gasteiger partial charge < -0.3 is 10.4 Å². The lowest BCUT2D eigenvalue weighted by molar-refractivity contribution is 0.181. The van der Waals surface area contributed by atoms with E-state index in [9.17, 15) is 4.79 Å². The molecule has 0 aliphatic rings. The van der Waals surface area contributed by atoms with Crippen molar-refractivity contribution in [1.82, 2.24) is 5.32 Å². The highest BCUT2D eigenvalue weighted by atomic mass is 32.1. The molecule has 0 aliphatic carbocycles. The SMILES string of the molecule is CC(C)(CCS)NC(=O)O. The highest BCUT2D eigenvalue weighted by Gasteiger charge is 2.17. The van der Waals surface area contributed by atoms with Crippen LogP contribution in [-0.4, -0.2) is 22.5 Å². The fraction of sp³-hybridized carbons (Fsp3) is 0.833. The molecule has 0 heterocycles. The van der Waals surface area contributed by atoms with Gasteiger partial charge in [0.1, 0.15) is 0 Å². The fourth-order valence-electron chi connectivity index (χ4n) is 0.631. The zero-order chi connectivity index (χ0) is 8.20. The second-order valence-corrected chi connectivity index (χ2v) is 3.23. The Hall–Kier alpha value is -0.380. The topological polar surface area (TPSA) is 49.3 Å². The van der Waals surface area contributed by atoms with Gasteiger partial charge in [-0.2, -0.15) is 12.6 Å². The maximum Gasteiger partial charge on any atom is 0.405 e. The molecule has 0 aromatic rings. The van der Waals surface area contributed by atoms with E-state index in [0.29, 0.717) is 5.75 Å². The van der Waals surface area contributed by atoms with Crippen molar-refractivity contribution in [1.29, 1.82) is 0 Å². The molecule has 1 amide bonds. The summed E-state index contributed by atoms with van der Waals surface area (Å²) in [6, 6.07) is 0. The van der Waals surface area contributed by atoms with Crippen LogP contribution in [0, 0.1) is 0 Å². The second-order valence-electron chi connectivity index (χ2n) is 2.79. The zero-order valence-corrected chi connectivity index (χ0v) is 7.11. The summed E-state index contributed by atoms with van der Waals surface area (Å²) in [6.07, 6.45) is -0.241. The molecule has 0 saturated carbocycles. The smallest absolute Gasteiger partial charge is 0.405 e. The quantitative estimate of drug-likeness (QED) is 0.550. The minimum absolute atomic E-state index is 0.354. The minimum atomic E-state index is -0.980. The number of hydrogen-bond donors (Lipinski definition) is 3. The van der Waals surface area contributed by atoms with Crippen molar-refractivity contribution in [2.45, 2.75) is 25.8 Å². The van der Waals surface area contributed by atoms with Gasteiger partial charge >= 0.3 is 6.09 Å². The summed E-state index contributed by atoms with van der Waals surface area (Å²) in [4.78, 5) is 10.2. The standard InChI is InChI=1S/C6H13NO2S/c1-6(2,3-4-10)7-5(8)9/h7,10H,3-4H2,1-2H3,(H,8,9). The summed E-state index contributed by atoms with van der Waals surface area (Å²) in [7, 11) is 0. The van der Waals surface area contributed by atoms with Crippen molar-refractivity contribution in [2.24, 2.45) is 0 Å². The first kappa shape index (κ1) is 9.62. The number of hydrogen-bond acceptors (Lipinski definition) is 2. The van der Waals surface area contributed by atoms with Gasteiger partial charge in [0.05, 0.1) is 0 Å². The summed E-state index contributed by atoms with van der Waals surface area (Å²) >= 11 is 4.00. The van der Waals surface area contributed by atoms with Crippen LogP contribution in [-0.2, 0) is 0 Å².